The summed E-state index contributed by atoms with van der Waals surface area (Å²) in [5.41, 5.74) is 8.23. The van der Waals surface area contributed by atoms with Crippen LogP contribution in [0.5, 0.6) is 0 Å². The first-order valence-corrected chi connectivity index (χ1v) is 17.9. The number of para-hydroxylation sites is 1. The molecule has 3 aliphatic rings. The molecule has 6 rings (SSSR count). The molecule has 0 unspecified atom stereocenters. The summed E-state index contributed by atoms with van der Waals surface area (Å²) in [6.45, 7) is 4.86. The molecule has 3 aromatic carbocycles. The molecule has 51 heavy (non-hydrogen) atoms. The number of nitrogens with zero attached hydrogens (tertiary/aromatic N) is 4. The second-order valence-electron chi connectivity index (χ2n) is 14.2. The maximum absolute atomic E-state index is 14.5. The van der Waals surface area contributed by atoms with Gasteiger partial charge in [0.1, 0.15) is 6.54 Å². The van der Waals surface area contributed by atoms with Crippen molar-refractivity contribution in [3.8, 4) is 0 Å². The average molecular weight is 694 g/mol. The van der Waals surface area contributed by atoms with E-state index in [0.29, 0.717) is 56.6 Å². The van der Waals surface area contributed by atoms with Crippen molar-refractivity contribution in [1.82, 2.24) is 14.7 Å². The normalized spacial score (nSPS) is 19.6. The number of imide groups is 1. The molecule has 3 aromatic rings. The summed E-state index contributed by atoms with van der Waals surface area (Å²) in [6, 6.07) is 24.5. The Balaban J connectivity index is 1.17. The van der Waals surface area contributed by atoms with Gasteiger partial charge in [-0.2, -0.15) is 0 Å². The summed E-state index contributed by atoms with van der Waals surface area (Å²) >= 11 is 0. The number of esters is 1. The molecule has 11 heteroatoms. The zero-order chi connectivity index (χ0) is 36.1. The first kappa shape index (κ1) is 35.8. The number of urea groups is 1. The van der Waals surface area contributed by atoms with Crippen molar-refractivity contribution < 1.29 is 28.7 Å². The fourth-order valence-corrected chi connectivity index (χ4v) is 7.75. The van der Waals surface area contributed by atoms with Crippen molar-refractivity contribution in [1.29, 1.82) is 0 Å². The molecule has 2 N–H and O–H groups in total. The maximum Gasteiger partial charge on any atom is 0.327 e. The lowest BCUT2D eigenvalue weighted by Gasteiger charge is -2.43. The summed E-state index contributed by atoms with van der Waals surface area (Å²) in [6.07, 6.45) is 3.91. The number of fused-ring (bicyclic) bond motifs is 1. The van der Waals surface area contributed by atoms with Gasteiger partial charge in [0.15, 0.2) is 6.23 Å². The lowest BCUT2D eigenvalue weighted by atomic mass is 9.86. The molecule has 11 nitrogen and oxygen atoms in total. The number of likely N-dealkylation sites (tertiary alicyclic amines) is 2. The molecule has 0 spiro atoms. The molecule has 2 saturated heterocycles. The first-order valence-electron chi connectivity index (χ1n) is 17.9. The predicted molar refractivity (Wildman–Crippen MR) is 193 cm³/mol. The molecule has 3 aliphatic heterocycles. The number of hydrogen-bond donors (Lipinski definition) is 1. The van der Waals surface area contributed by atoms with Crippen LogP contribution in [0, 0.1) is 0 Å². The molecular formula is C40H47N5O6. The van der Waals surface area contributed by atoms with Gasteiger partial charge in [-0.15, -0.1) is 0 Å². The number of piperidine rings is 2. The van der Waals surface area contributed by atoms with Crippen LogP contribution in [0.4, 0.5) is 10.5 Å². The van der Waals surface area contributed by atoms with Crippen LogP contribution in [-0.2, 0) is 31.0 Å². The largest absolute Gasteiger partial charge is 0.445 e. The number of rotatable bonds is 10. The van der Waals surface area contributed by atoms with Crippen LogP contribution in [0.15, 0.2) is 84.9 Å². The van der Waals surface area contributed by atoms with E-state index in [9.17, 15) is 24.0 Å². The highest BCUT2D eigenvalue weighted by molar-refractivity contribution is 6.08. The van der Waals surface area contributed by atoms with Crippen molar-refractivity contribution >= 4 is 35.4 Å². The SMILES string of the molecule is CC1(C)C(=O)N(C2CCN(C(=O)[C@H](CCc3ccccc3)N3CCCC[C@H]3OC(=O)CN(C(N)=O)C(=O)c3ccccc3)CC2)c2ccccc21. The second-order valence-corrected chi connectivity index (χ2v) is 14.2. The van der Waals surface area contributed by atoms with Crippen LogP contribution < -0.4 is 10.6 Å². The standard InChI is InChI=1S/C40H47N5O6/c1-40(2)31-17-9-10-18-32(31)45(38(40)49)30-22-25-42(26-23-30)37(48)33(21-20-28-13-5-3-6-14-28)43-24-12-11-19-34(43)51-35(46)27-44(39(41)50)36(47)29-15-7-4-8-16-29/h3-10,13-18,30,33-34H,11-12,19-27H2,1-2H3,(H2,41,50)/t33-,34+/m0/s1. The molecule has 0 saturated carbocycles. The summed E-state index contributed by atoms with van der Waals surface area (Å²) in [7, 11) is 0. The highest BCUT2D eigenvalue weighted by Crippen LogP contribution is 2.43. The van der Waals surface area contributed by atoms with E-state index in [2.05, 4.69) is 0 Å². The Labute approximate surface area is 299 Å². The Hall–Kier alpha value is -5.03. The summed E-state index contributed by atoms with van der Waals surface area (Å²) in [4.78, 5) is 73.2. The fourth-order valence-electron chi connectivity index (χ4n) is 7.75. The average Bonchev–Trinajstić information content (AvgIpc) is 3.35. The van der Waals surface area contributed by atoms with Crippen LogP contribution in [0.3, 0.4) is 0 Å². The molecule has 0 aromatic heterocycles. The molecule has 3 heterocycles. The van der Waals surface area contributed by atoms with Crippen molar-refractivity contribution in [3.63, 3.8) is 0 Å². The van der Waals surface area contributed by atoms with Crippen molar-refractivity contribution in [2.24, 2.45) is 5.73 Å². The molecule has 268 valence electrons. The smallest absolute Gasteiger partial charge is 0.327 e. The Morgan fingerprint density at radius 2 is 1.51 bits per heavy atom. The molecule has 0 bridgehead atoms. The molecular weight excluding hydrogens is 646 g/mol. The van der Waals surface area contributed by atoms with Gasteiger partial charge in [-0.25, -0.2) is 9.69 Å². The number of carbonyl (C=O) groups excluding carboxylic acids is 5. The van der Waals surface area contributed by atoms with E-state index >= 15 is 0 Å². The number of hydrogen-bond acceptors (Lipinski definition) is 7. The second kappa shape index (κ2) is 15.5. The highest BCUT2D eigenvalue weighted by atomic mass is 16.6. The Bertz CT molecular complexity index is 1740. The van der Waals surface area contributed by atoms with Gasteiger partial charge in [0.2, 0.25) is 11.8 Å². The van der Waals surface area contributed by atoms with E-state index in [1.807, 2.05) is 83.1 Å². The van der Waals surface area contributed by atoms with Crippen LogP contribution in [-0.4, -0.2) is 88.9 Å². The summed E-state index contributed by atoms with van der Waals surface area (Å²) < 4.78 is 5.96. The van der Waals surface area contributed by atoms with Gasteiger partial charge in [-0.3, -0.25) is 24.1 Å². The number of benzene rings is 3. The van der Waals surface area contributed by atoms with Gasteiger partial charge in [-0.05, 0) is 88.1 Å². The monoisotopic (exact) mass is 693 g/mol. The van der Waals surface area contributed by atoms with Crippen molar-refractivity contribution in [2.45, 2.75) is 82.5 Å². The highest BCUT2D eigenvalue weighted by Gasteiger charge is 2.47. The third-order valence-corrected chi connectivity index (χ3v) is 10.5. The van der Waals surface area contributed by atoms with Gasteiger partial charge in [0.25, 0.3) is 5.91 Å². The van der Waals surface area contributed by atoms with Gasteiger partial charge < -0.3 is 20.3 Å². The quantitative estimate of drug-likeness (QED) is 0.300. The van der Waals surface area contributed by atoms with E-state index in [4.69, 9.17) is 10.5 Å². The third-order valence-electron chi connectivity index (χ3n) is 10.5. The van der Waals surface area contributed by atoms with Gasteiger partial charge in [-0.1, -0.05) is 66.7 Å². The van der Waals surface area contributed by atoms with Crippen LogP contribution >= 0.6 is 0 Å². The van der Waals surface area contributed by atoms with Gasteiger partial charge >= 0.3 is 12.0 Å². The number of aryl methyl sites for hydroxylation is 1. The Kier molecular flexibility index (Phi) is 10.9. The Morgan fingerprint density at radius 1 is 0.863 bits per heavy atom. The van der Waals surface area contributed by atoms with E-state index < -0.39 is 42.1 Å². The summed E-state index contributed by atoms with van der Waals surface area (Å²) in [5.74, 6) is -1.41. The molecule has 0 radical (unpaired) electrons. The third kappa shape index (κ3) is 7.68. The number of anilines is 1. The lowest BCUT2D eigenvalue weighted by Crippen LogP contribution is -2.58. The number of primary amides is 1. The van der Waals surface area contributed by atoms with Gasteiger partial charge in [0.05, 0.1) is 11.5 Å². The Morgan fingerprint density at radius 3 is 2.20 bits per heavy atom. The zero-order valence-corrected chi connectivity index (χ0v) is 29.4. The van der Waals surface area contributed by atoms with Crippen LogP contribution in [0.2, 0.25) is 0 Å². The maximum atomic E-state index is 14.5. The van der Waals surface area contributed by atoms with E-state index in [0.717, 1.165) is 29.7 Å². The number of carbonyl (C=O) groups is 5. The topological polar surface area (TPSA) is 134 Å². The van der Waals surface area contributed by atoms with Crippen molar-refractivity contribution in [2.75, 3.05) is 31.1 Å². The van der Waals surface area contributed by atoms with Gasteiger partial charge in [0, 0.05) is 36.9 Å². The minimum atomic E-state index is -1.05. The summed E-state index contributed by atoms with van der Waals surface area (Å²) in [5, 5.41) is 0. The number of ether oxygens (including phenoxy) is 1. The molecule has 2 atom stereocenters. The van der Waals surface area contributed by atoms with Crippen LogP contribution in [0.1, 0.15) is 73.9 Å². The minimum absolute atomic E-state index is 0.0114. The number of amides is 5. The minimum Gasteiger partial charge on any atom is -0.445 e. The van der Waals surface area contributed by atoms with Crippen LogP contribution in [0.25, 0.3) is 0 Å². The van der Waals surface area contributed by atoms with Crippen molar-refractivity contribution in [3.05, 3.63) is 102 Å². The predicted octanol–water partition coefficient (Wildman–Crippen LogP) is 4.88. The molecule has 5 amide bonds. The molecule has 2 fully saturated rings. The van der Waals surface area contributed by atoms with E-state index in [1.54, 1.807) is 30.3 Å². The molecule has 0 aliphatic carbocycles. The fraction of sp³-hybridized carbons (Fsp3) is 0.425. The van der Waals surface area contributed by atoms with E-state index in [-0.39, 0.29) is 23.4 Å². The number of nitrogens with two attached hydrogens (primary N) is 1. The zero-order valence-electron chi connectivity index (χ0n) is 29.4. The first-order chi connectivity index (χ1) is 24.6. The van der Waals surface area contributed by atoms with E-state index in [1.165, 1.54) is 0 Å². The lowest BCUT2D eigenvalue weighted by molar-refractivity contribution is -0.171.